The van der Waals surface area contributed by atoms with Gasteiger partial charge in [-0.25, -0.2) is 9.47 Å². The summed E-state index contributed by atoms with van der Waals surface area (Å²) >= 11 is 0. The number of benzene rings is 1. The van der Waals surface area contributed by atoms with E-state index >= 15 is 0 Å². The second kappa shape index (κ2) is 9.87. The first-order valence-electron chi connectivity index (χ1n) is 8.36. The summed E-state index contributed by atoms with van der Waals surface area (Å²) in [5, 5.41) is 7.12. The van der Waals surface area contributed by atoms with E-state index in [-0.39, 0.29) is 11.5 Å². The second-order valence-electron chi connectivity index (χ2n) is 6.53. The van der Waals surface area contributed by atoms with Crippen molar-refractivity contribution in [3.05, 3.63) is 69.1 Å². The third-order valence-electron chi connectivity index (χ3n) is 3.50. The highest BCUT2D eigenvalue weighted by Crippen LogP contribution is 2.13. The largest absolute Gasteiger partial charge is 0.490 e. The molecule has 1 amide bonds. The quantitative estimate of drug-likeness (QED) is 0.804. The van der Waals surface area contributed by atoms with Crippen molar-refractivity contribution in [3.63, 3.8) is 0 Å². The topological polar surface area (TPSA) is 91.6 Å². The monoisotopic (exact) mass is 413 g/mol. The molecule has 1 heterocycles. The van der Waals surface area contributed by atoms with Crippen molar-refractivity contribution in [1.29, 1.82) is 0 Å². The molecule has 0 unspecified atom stereocenters. The van der Waals surface area contributed by atoms with Gasteiger partial charge in [0.05, 0.1) is 0 Å². The van der Waals surface area contributed by atoms with Crippen molar-refractivity contribution in [2.75, 3.05) is 19.5 Å². The number of rotatable bonds is 4. The van der Waals surface area contributed by atoms with Crippen LogP contribution in [-0.2, 0) is 11.3 Å². The number of nitrogens with one attached hydrogen (secondary N) is 1. The summed E-state index contributed by atoms with van der Waals surface area (Å²) in [6.07, 6.45) is -5.08. The fourth-order valence-corrected chi connectivity index (χ4v) is 2.35. The number of amides is 1. The molecule has 2 rings (SSSR count). The number of nitrogens with zero attached hydrogens (tertiary/aromatic N) is 2. The Morgan fingerprint density at radius 3 is 2.21 bits per heavy atom. The number of aryl methyl sites for hydroxylation is 2. The molecule has 0 spiro atoms. The average molecular weight is 413 g/mol. The SMILES string of the molecule is Cc1cc(C)n(NC(=O)c2cccc(CN(C)C)c2)c(=O)c1.O=C(O)C(F)(F)F. The van der Waals surface area contributed by atoms with Gasteiger partial charge in [-0.3, -0.25) is 15.0 Å². The standard InChI is InChI=1S/C17H21N3O2.C2HF3O2/c1-12-8-13(2)20(16(21)9-12)18-17(22)15-7-5-6-14(10-15)11-19(3)4;3-2(4,5)1(6)7/h5-10H,11H2,1-4H3,(H,18,22);(H,6,7). The number of carboxylic acids is 1. The van der Waals surface area contributed by atoms with Crippen molar-refractivity contribution < 1.29 is 27.9 Å². The zero-order valence-electron chi connectivity index (χ0n) is 16.4. The van der Waals surface area contributed by atoms with Crippen LogP contribution in [0.2, 0.25) is 0 Å². The lowest BCUT2D eigenvalue weighted by molar-refractivity contribution is -0.192. The van der Waals surface area contributed by atoms with Crippen LogP contribution in [0.25, 0.3) is 0 Å². The molecule has 7 nitrogen and oxygen atoms in total. The molecule has 1 aromatic carbocycles. The molecule has 0 saturated carbocycles. The maximum absolute atomic E-state index is 12.4. The predicted molar refractivity (Wildman–Crippen MR) is 101 cm³/mol. The molecule has 2 N–H and O–H groups in total. The van der Waals surface area contributed by atoms with Crippen LogP contribution < -0.4 is 11.0 Å². The van der Waals surface area contributed by atoms with Crippen LogP contribution in [0.5, 0.6) is 0 Å². The minimum absolute atomic E-state index is 0.240. The van der Waals surface area contributed by atoms with Gasteiger partial charge in [0.2, 0.25) is 0 Å². The Morgan fingerprint density at radius 1 is 1.14 bits per heavy atom. The molecule has 10 heteroatoms. The van der Waals surface area contributed by atoms with Gasteiger partial charge < -0.3 is 10.0 Å². The Balaban J connectivity index is 0.000000516. The van der Waals surface area contributed by atoms with E-state index < -0.39 is 12.1 Å². The molecule has 0 radical (unpaired) electrons. The van der Waals surface area contributed by atoms with Gasteiger partial charge in [0.1, 0.15) is 0 Å². The molecule has 0 aliphatic rings. The number of alkyl halides is 3. The molecule has 29 heavy (non-hydrogen) atoms. The summed E-state index contributed by atoms with van der Waals surface area (Å²) in [5.74, 6) is -3.05. The number of aliphatic carboxylic acids is 1. The molecule has 0 aliphatic carbocycles. The van der Waals surface area contributed by atoms with Crippen LogP contribution in [-0.4, -0.2) is 46.8 Å². The van der Waals surface area contributed by atoms with Crippen LogP contribution in [0.1, 0.15) is 27.2 Å². The van der Waals surface area contributed by atoms with Gasteiger partial charge >= 0.3 is 12.1 Å². The third kappa shape index (κ3) is 7.78. The first-order valence-corrected chi connectivity index (χ1v) is 8.36. The summed E-state index contributed by atoms with van der Waals surface area (Å²) in [7, 11) is 3.95. The minimum atomic E-state index is -5.08. The molecule has 2 aromatic rings. The number of aromatic nitrogens is 1. The van der Waals surface area contributed by atoms with E-state index in [0.717, 1.165) is 17.7 Å². The first kappa shape index (κ1) is 23.9. The smallest absolute Gasteiger partial charge is 0.475 e. The maximum Gasteiger partial charge on any atom is 0.490 e. The molecule has 0 aliphatic heterocycles. The fraction of sp³-hybridized carbons (Fsp3) is 0.316. The lowest BCUT2D eigenvalue weighted by Crippen LogP contribution is -2.34. The average Bonchev–Trinajstić information content (AvgIpc) is 2.57. The fourth-order valence-electron chi connectivity index (χ4n) is 2.35. The highest BCUT2D eigenvalue weighted by atomic mass is 19.4. The summed E-state index contributed by atoms with van der Waals surface area (Å²) in [5.41, 5.74) is 5.57. The highest BCUT2D eigenvalue weighted by Gasteiger charge is 2.38. The number of halogens is 3. The Labute approximate surface area is 165 Å². The summed E-state index contributed by atoms with van der Waals surface area (Å²) < 4.78 is 33.0. The Hall–Kier alpha value is -3.14. The van der Waals surface area contributed by atoms with E-state index in [1.807, 2.05) is 50.2 Å². The van der Waals surface area contributed by atoms with Crippen LogP contribution in [0.3, 0.4) is 0 Å². The van der Waals surface area contributed by atoms with Crippen LogP contribution >= 0.6 is 0 Å². The highest BCUT2D eigenvalue weighted by molar-refractivity contribution is 6.00. The lowest BCUT2D eigenvalue weighted by Gasteiger charge is -2.13. The predicted octanol–water partition coefficient (Wildman–Crippen LogP) is 2.54. The van der Waals surface area contributed by atoms with Gasteiger partial charge in [-0.2, -0.15) is 13.2 Å². The molecule has 0 fully saturated rings. The van der Waals surface area contributed by atoms with E-state index in [0.29, 0.717) is 11.3 Å². The summed E-state index contributed by atoms with van der Waals surface area (Å²) in [6.45, 7) is 4.40. The normalized spacial score (nSPS) is 10.9. The molecule has 0 bridgehead atoms. The molecule has 1 aromatic heterocycles. The molecular weight excluding hydrogens is 391 g/mol. The molecular formula is C19H22F3N3O4. The number of pyridine rings is 1. The van der Waals surface area contributed by atoms with E-state index in [4.69, 9.17) is 9.90 Å². The van der Waals surface area contributed by atoms with E-state index in [1.54, 1.807) is 13.0 Å². The van der Waals surface area contributed by atoms with E-state index in [1.165, 1.54) is 10.7 Å². The van der Waals surface area contributed by atoms with Crippen LogP contribution in [0, 0.1) is 13.8 Å². The number of carboxylic acid groups (broad SMARTS) is 1. The molecule has 0 atom stereocenters. The minimum Gasteiger partial charge on any atom is -0.475 e. The number of carbonyl (C=O) groups is 2. The molecule has 0 saturated heterocycles. The van der Waals surface area contributed by atoms with Crippen molar-refractivity contribution in [2.24, 2.45) is 0 Å². The van der Waals surface area contributed by atoms with Crippen molar-refractivity contribution in [3.8, 4) is 0 Å². The van der Waals surface area contributed by atoms with Gasteiger partial charge in [0.25, 0.3) is 11.5 Å². The Morgan fingerprint density at radius 2 is 1.72 bits per heavy atom. The molecule has 158 valence electrons. The number of hydrogen-bond donors (Lipinski definition) is 2. The van der Waals surface area contributed by atoms with Gasteiger partial charge in [-0.05, 0) is 57.3 Å². The lowest BCUT2D eigenvalue weighted by atomic mass is 10.1. The van der Waals surface area contributed by atoms with Crippen LogP contribution in [0.15, 0.2) is 41.2 Å². The summed E-state index contributed by atoms with van der Waals surface area (Å²) in [6, 6.07) is 10.7. The van der Waals surface area contributed by atoms with Crippen molar-refractivity contribution in [2.45, 2.75) is 26.6 Å². The van der Waals surface area contributed by atoms with E-state index in [2.05, 4.69) is 5.43 Å². The second-order valence-corrected chi connectivity index (χ2v) is 6.53. The van der Waals surface area contributed by atoms with Gasteiger partial charge in [0.15, 0.2) is 0 Å². The van der Waals surface area contributed by atoms with Crippen molar-refractivity contribution >= 4 is 11.9 Å². The van der Waals surface area contributed by atoms with Crippen molar-refractivity contribution in [1.82, 2.24) is 9.58 Å². The van der Waals surface area contributed by atoms with Gasteiger partial charge in [-0.15, -0.1) is 0 Å². The van der Waals surface area contributed by atoms with Crippen LogP contribution in [0.4, 0.5) is 13.2 Å². The Bertz CT molecular complexity index is 937. The zero-order chi connectivity index (χ0) is 22.4. The van der Waals surface area contributed by atoms with Gasteiger partial charge in [-0.1, -0.05) is 12.1 Å². The Kier molecular flexibility index (Phi) is 8.14. The maximum atomic E-state index is 12.4. The zero-order valence-corrected chi connectivity index (χ0v) is 16.4. The third-order valence-corrected chi connectivity index (χ3v) is 3.50. The summed E-state index contributed by atoms with van der Waals surface area (Å²) in [4.78, 5) is 35.3. The van der Waals surface area contributed by atoms with Gasteiger partial charge in [0, 0.05) is 23.9 Å². The first-order chi connectivity index (χ1) is 13.3. The number of hydrogen-bond acceptors (Lipinski definition) is 4. The van der Waals surface area contributed by atoms with E-state index in [9.17, 15) is 22.8 Å². The number of carbonyl (C=O) groups excluding carboxylic acids is 1.